The molecule has 43 heavy (non-hydrogen) atoms. The Morgan fingerprint density at radius 2 is 1.00 bits per heavy atom. The van der Waals surface area contributed by atoms with Gasteiger partial charge in [-0.1, -0.05) is 89.9 Å². The highest BCUT2D eigenvalue weighted by Crippen LogP contribution is 2.14. The Kier molecular flexibility index (Phi) is 25.9. The van der Waals surface area contributed by atoms with Crippen LogP contribution in [0.15, 0.2) is 0 Å². The third kappa shape index (κ3) is 26.4. The zero-order valence-electron chi connectivity index (χ0n) is 26.4. The number of carboxylic acids is 2. The van der Waals surface area contributed by atoms with Gasteiger partial charge in [0.1, 0.15) is 6.04 Å². The van der Waals surface area contributed by atoms with E-state index in [0.717, 1.165) is 44.9 Å². The summed E-state index contributed by atoms with van der Waals surface area (Å²) in [5.41, 5.74) is 0. The van der Waals surface area contributed by atoms with Crippen LogP contribution in [0, 0.1) is 5.41 Å². The number of nitrogens with one attached hydrogen (secondary N) is 4. The van der Waals surface area contributed by atoms with Gasteiger partial charge in [-0.3, -0.25) is 24.6 Å². The van der Waals surface area contributed by atoms with E-state index in [1.807, 2.05) is 0 Å². The molecule has 0 heterocycles. The lowest BCUT2D eigenvalue weighted by Crippen LogP contribution is -2.43. The van der Waals surface area contributed by atoms with Crippen LogP contribution in [-0.2, 0) is 24.0 Å². The van der Waals surface area contributed by atoms with E-state index in [1.54, 1.807) is 0 Å². The predicted octanol–water partition coefficient (Wildman–Crippen LogP) is 5.49. The third-order valence-electron chi connectivity index (χ3n) is 7.58. The SMILES string of the molecule is CC(=O)C(CCCNC=N)NC(=O)CCC(NC(=O)CCCCCCCCCCCCCCCCCCC(=O)O)C(=O)O. The number of amides is 2. The van der Waals surface area contributed by atoms with Crippen molar-refractivity contribution in [3.05, 3.63) is 0 Å². The van der Waals surface area contributed by atoms with Crippen molar-refractivity contribution >= 4 is 35.9 Å². The van der Waals surface area contributed by atoms with Gasteiger partial charge >= 0.3 is 11.9 Å². The fourth-order valence-corrected chi connectivity index (χ4v) is 4.96. The lowest BCUT2D eigenvalue weighted by molar-refractivity contribution is -0.142. The monoisotopic (exact) mass is 610 g/mol. The van der Waals surface area contributed by atoms with Crippen LogP contribution >= 0.6 is 0 Å². The first-order chi connectivity index (χ1) is 20.7. The molecule has 0 fully saturated rings. The standard InChI is InChI=1S/C32H58N4O7/c1-26(37)27(19-18-24-34-25-33)35-30(39)23-22-28(32(42)43)36-29(38)20-16-14-12-10-8-6-4-2-3-5-7-9-11-13-15-17-21-31(40)41/h25,27-28H,2-24H2,1H3,(H2,33,34)(H,35,39)(H,36,38)(H,40,41)(H,42,43). The molecule has 0 aromatic rings. The summed E-state index contributed by atoms with van der Waals surface area (Å²) in [5.74, 6) is -2.83. The van der Waals surface area contributed by atoms with Gasteiger partial charge in [0, 0.05) is 25.8 Å². The Balaban J connectivity index is 3.82. The molecule has 2 amide bonds. The van der Waals surface area contributed by atoms with Gasteiger partial charge in [-0.25, -0.2) is 4.79 Å². The molecule has 2 unspecified atom stereocenters. The minimum absolute atomic E-state index is 0.0525. The highest BCUT2D eigenvalue weighted by Gasteiger charge is 2.22. The molecule has 0 rings (SSSR count). The quantitative estimate of drug-likeness (QED) is 0.0338. The fourth-order valence-electron chi connectivity index (χ4n) is 4.96. The van der Waals surface area contributed by atoms with Crippen LogP contribution in [0.2, 0.25) is 0 Å². The van der Waals surface area contributed by atoms with Crippen molar-refractivity contribution in [3.8, 4) is 0 Å². The van der Waals surface area contributed by atoms with Gasteiger partial charge < -0.3 is 26.2 Å². The summed E-state index contributed by atoms with van der Waals surface area (Å²) in [4.78, 5) is 58.4. The Labute approximate surface area is 258 Å². The average molecular weight is 611 g/mol. The Morgan fingerprint density at radius 3 is 1.42 bits per heavy atom. The van der Waals surface area contributed by atoms with E-state index in [0.29, 0.717) is 25.8 Å². The van der Waals surface area contributed by atoms with Crippen LogP contribution in [0.1, 0.15) is 148 Å². The summed E-state index contributed by atoms with van der Waals surface area (Å²) in [6.45, 7) is 1.90. The van der Waals surface area contributed by atoms with Crippen LogP contribution in [0.4, 0.5) is 0 Å². The van der Waals surface area contributed by atoms with Crippen LogP contribution in [0.5, 0.6) is 0 Å². The van der Waals surface area contributed by atoms with Gasteiger partial charge in [-0.2, -0.15) is 0 Å². The molecule has 2 atom stereocenters. The maximum atomic E-state index is 12.3. The second kappa shape index (κ2) is 27.8. The molecule has 0 aliphatic heterocycles. The van der Waals surface area contributed by atoms with Crippen LogP contribution in [0.25, 0.3) is 0 Å². The average Bonchev–Trinajstić information content (AvgIpc) is 2.95. The van der Waals surface area contributed by atoms with Crippen LogP contribution in [-0.4, -0.2) is 64.7 Å². The molecule has 0 aliphatic carbocycles. The topological polar surface area (TPSA) is 186 Å². The lowest BCUT2D eigenvalue weighted by Gasteiger charge is -2.18. The van der Waals surface area contributed by atoms with Gasteiger partial charge in [0.25, 0.3) is 0 Å². The molecule has 0 aliphatic rings. The molecule has 0 saturated heterocycles. The lowest BCUT2D eigenvalue weighted by atomic mass is 10.0. The zero-order valence-corrected chi connectivity index (χ0v) is 26.4. The summed E-state index contributed by atoms with van der Waals surface area (Å²) in [6, 6.07) is -1.81. The normalized spacial score (nSPS) is 12.2. The molecule has 0 saturated carbocycles. The largest absolute Gasteiger partial charge is 0.481 e. The number of hydrogen-bond acceptors (Lipinski definition) is 6. The van der Waals surface area contributed by atoms with Gasteiger partial charge in [0.05, 0.1) is 12.4 Å². The third-order valence-corrected chi connectivity index (χ3v) is 7.58. The van der Waals surface area contributed by atoms with Gasteiger partial charge in [0.2, 0.25) is 11.8 Å². The Morgan fingerprint density at radius 1 is 0.581 bits per heavy atom. The second-order valence-electron chi connectivity index (χ2n) is 11.5. The number of rotatable bonds is 31. The summed E-state index contributed by atoms with van der Waals surface area (Å²) < 4.78 is 0. The number of carbonyl (C=O) groups excluding carboxylic acids is 3. The van der Waals surface area contributed by atoms with E-state index < -0.39 is 29.9 Å². The summed E-state index contributed by atoms with van der Waals surface area (Å²) in [5, 5.41) is 32.9. The Bertz CT molecular complexity index is 807. The molecule has 0 aromatic carbocycles. The van der Waals surface area contributed by atoms with Crippen molar-refractivity contribution in [1.29, 1.82) is 5.41 Å². The molecule has 6 N–H and O–H groups in total. The van der Waals surface area contributed by atoms with Crippen molar-refractivity contribution in [1.82, 2.24) is 16.0 Å². The maximum Gasteiger partial charge on any atom is 0.326 e. The molecule has 0 bridgehead atoms. The number of ketones is 1. The first-order valence-electron chi connectivity index (χ1n) is 16.4. The molecule has 0 radical (unpaired) electrons. The summed E-state index contributed by atoms with van der Waals surface area (Å²) >= 11 is 0. The molecular formula is C32H58N4O7. The summed E-state index contributed by atoms with van der Waals surface area (Å²) in [6.07, 6.45) is 20.4. The predicted molar refractivity (Wildman–Crippen MR) is 168 cm³/mol. The molecule has 248 valence electrons. The van der Waals surface area contributed by atoms with Gasteiger partial charge in [-0.05, 0) is 39.0 Å². The number of carboxylic acid groups (broad SMARTS) is 2. The highest BCUT2D eigenvalue weighted by atomic mass is 16.4. The van der Waals surface area contributed by atoms with Crippen molar-refractivity contribution < 1.29 is 34.2 Å². The van der Waals surface area contributed by atoms with Crippen molar-refractivity contribution in [3.63, 3.8) is 0 Å². The van der Waals surface area contributed by atoms with Gasteiger partial charge in [0.15, 0.2) is 5.78 Å². The summed E-state index contributed by atoms with van der Waals surface area (Å²) in [7, 11) is 0. The number of unbranched alkanes of at least 4 members (excludes halogenated alkanes) is 15. The van der Waals surface area contributed by atoms with E-state index >= 15 is 0 Å². The molecular weight excluding hydrogens is 552 g/mol. The van der Waals surface area contributed by atoms with Crippen molar-refractivity contribution in [2.24, 2.45) is 0 Å². The van der Waals surface area contributed by atoms with Crippen molar-refractivity contribution in [2.75, 3.05) is 6.54 Å². The number of carbonyl (C=O) groups is 5. The second-order valence-corrected chi connectivity index (χ2v) is 11.5. The first-order valence-corrected chi connectivity index (χ1v) is 16.4. The first kappa shape index (κ1) is 40.0. The minimum atomic E-state index is -1.19. The Hall–Kier alpha value is -2.98. The van der Waals surface area contributed by atoms with Crippen molar-refractivity contribution in [2.45, 2.75) is 160 Å². The zero-order chi connectivity index (χ0) is 32.1. The van der Waals surface area contributed by atoms with Crippen LogP contribution in [0.3, 0.4) is 0 Å². The molecule has 0 spiro atoms. The number of aliphatic carboxylic acids is 2. The van der Waals surface area contributed by atoms with E-state index in [4.69, 9.17) is 10.5 Å². The number of Topliss-reactive ketones (excluding diaryl/α,β-unsaturated/α-hetero) is 1. The molecule has 0 aromatic heterocycles. The van der Waals surface area contributed by atoms with E-state index in [2.05, 4.69) is 16.0 Å². The number of hydrogen-bond donors (Lipinski definition) is 6. The molecule has 11 heteroatoms. The van der Waals surface area contributed by atoms with Crippen LogP contribution < -0.4 is 16.0 Å². The van der Waals surface area contributed by atoms with E-state index in [1.165, 1.54) is 64.7 Å². The van der Waals surface area contributed by atoms with E-state index in [-0.39, 0.29) is 37.4 Å². The van der Waals surface area contributed by atoms with Gasteiger partial charge in [-0.15, -0.1) is 0 Å². The smallest absolute Gasteiger partial charge is 0.326 e. The fraction of sp³-hybridized carbons (Fsp3) is 0.812. The highest BCUT2D eigenvalue weighted by molar-refractivity contribution is 5.88. The maximum absolute atomic E-state index is 12.3. The minimum Gasteiger partial charge on any atom is -0.481 e. The molecule has 11 nitrogen and oxygen atoms in total. The van der Waals surface area contributed by atoms with E-state index in [9.17, 15) is 29.1 Å².